The van der Waals surface area contributed by atoms with Crippen LogP contribution >= 0.6 is 0 Å². The van der Waals surface area contributed by atoms with Crippen molar-refractivity contribution in [2.75, 3.05) is 91.8 Å². The number of nitrogens with zero attached hydrogens (tertiary/aromatic N) is 6. The maximum Gasteiger partial charge on any atom is 0.213 e. The Labute approximate surface area is 334 Å². The van der Waals surface area contributed by atoms with E-state index < -0.39 is 0 Å². The van der Waals surface area contributed by atoms with Gasteiger partial charge in [-0.3, -0.25) is 9.80 Å². The van der Waals surface area contributed by atoms with Gasteiger partial charge in [0.15, 0.2) is 0 Å². The molecule has 0 saturated carbocycles. The molecule has 11 nitrogen and oxygen atoms in total. The standard InChI is InChI=1S/C44H76N6O5/c1-41(2,3)53-32-29-49-23-21-47(22-24-49)19-11-30-51-40-16-14-38(34-46-40)36-55-44(9,10)18-17-43(7,8)50-27-25-48(26-28-50)20-12-31-52-39-15-13-37(33-45-39)35-54-42(4,5)6/h13-16,33-34H,11-12,17-32,35-36H2,1-10H3. The van der Waals surface area contributed by atoms with Crippen LogP contribution in [-0.2, 0) is 27.4 Å². The van der Waals surface area contributed by atoms with E-state index in [1.165, 1.54) is 0 Å². The molecular weight excluding hydrogens is 693 g/mol. The summed E-state index contributed by atoms with van der Waals surface area (Å²) >= 11 is 0. The third-order valence-corrected chi connectivity index (χ3v) is 10.6. The topological polar surface area (TPSA) is 84.9 Å². The van der Waals surface area contributed by atoms with Gasteiger partial charge in [0.05, 0.1) is 49.8 Å². The Morgan fingerprint density at radius 3 is 1.42 bits per heavy atom. The van der Waals surface area contributed by atoms with E-state index in [0.29, 0.717) is 38.2 Å². The molecule has 4 heterocycles. The molecule has 2 saturated heterocycles. The molecule has 312 valence electrons. The number of hydrogen-bond acceptors (Lipinski definition) is 11. The lowest BCUT2D eigenvalue weighted by molar-refractivity contribution is -0.0482. The van der Waals surface area contributed by atoms with Crippen LogP contribution in [0.3, 0.4) is 0 Å². The molecule has 0 atom stereocenters. The van der Waals surface area contributed by atoms with Gasteiger partial charge in [-0.15, -0.1) is 0 Å². The Morgan fingerprint density at radius 2 is 0.964 bits per heavy atom. The van der Waals surface area contributed by atoms with Crippen molar-refractivity contribution in [3.63, 3.8) is 0 Å². The molecule has 0 unspecified atom stereocenters. The van der Waals surface area contributed by atoms with Gasteiger partial charge in [-0.1, -0.05) is 0 Å². The van der Waals surface area contributed by atoms with Crippen LogP contribution in [0.1, 0.15) is 106 Å². The summed E-state index contributed by atoms with van der Waals surface area (Å²) in [6.45, 7) is 36.8. The normalized spacial score (nSPS) is 17.5. The minimum absolute atomic E-state index is 0.0624. The molecule has 0 amide bonds. The maximum atomic E-state index is 6.44. The van der Waals surface area contributed by atoms with Crippen molar-refractivity contribution in [3.05, 3.63) is 47.8 Å². The van der Waals surface area contributed by atoms with Crippen LogP contribution in [0.4, 0.5) is 0 Å². The van der Waals surface area contributed by atoms with Gasteiger partial charge in [-0.25, -0.2) is 9.97 Å². The first-order valence-electron chi connectivity index (χ1n) is 20.9. The second kappa shape index (κ2) is 21.4. The molecule has 0 N–H and O–H groups in total. The lowest BCUT2D eigenvalue weighted by Crippen LogP contribution is -2.55. The SMILES string of the molecule is CC(C)(C)OCCN1CCN(CCCOc2ccc(COC(C)(C)CCC(C)(C)N3CCN(CCCOc4ccc(COC(C)(C)C)cn4)CC3)cn2)CC1. The molecule has 4 rings (SSSR count). The van der Waals surface area contributed by atoms with Gasteiger partial charge >= 0.3 is 0 Å². The largest absolute Gasteiger partial charge is 0.478 e. The first kappa shape index (κ1) is 45.3. The van der Waals surface area contributed by atoms with Crippen molar-refractivity contribution in [2.45, 2.75) is 130 Å². The van der Waals surface area contributed by atoms with Gasteiger partial charge in [-0.05, 0) is 118 Å². The predicted octanol–water partition coefficient (Wildman–Crippen LogP) is 6.93. The predicted molar refractivity (Wildman–Crippen MR) is 222 cm³/mol. The Balaban J connectivity index is 1.03. The third-order valence-electron chi connectivity index (χ3n) is 10.6. The van der Waals surface area contributed by atoms with E-state index >= 15 is 0 Å². The number of piperazine rings is 2. The second-order valence-corrected chi connectivity index (χ2v) is 18.6. The first-order chi connectivity index (χ1) is 25.9. The maximum absolute atomic E-state index is 6.44. The zero-order chi connectivity index (χ0) is 40.0. The fourth-order valence-corrected chi connectivity index (χ4v) is 6.80. The van der Waals surface area contributed by atoms with Gasteiger partial charge in [-0.2, -0.15) is 0 Å². The number of ether oxygens (including phenoxy) is 5. The van der Waals surface area contributed by atoms with Gasteiger partial charge in [0, 0.05) is 102 Å². The molecule has 55 heavy (non-hydrogen) atoms. The summed E-state index contributed by atoms with van der Waals surface area (Å²) in [4.78, 5) is 19.3. The van der Waals surface area contributed by atoms with Crippen molar-refractivity contribution in [1.29, 1.82) is 0 Å². The van der Waals surface area contributed by atoms with Crippen LogP contribution in [0.25, 0.3) is 0 Å². The molecule has 2 aromatic rings. The van der Waals surface area contributed by atoms with Gasteiger partial charge in [0.1, 0.15) is 0 Å². The molecular formula is C44H76N6O5. The Morgan fingerprint density at radius 1 is 0.509 bits per heavy atom. The van der Waals surface area contributed by atoms with E-state index in [1.807, 2.05) is 30.6 Å². The van der Waals surface area contributed by atoms with E-state index in [1.54, 1.807) is 0 Å². The number of hydrogen-bond donors (Lipinski definition) is 0. The van der Waals surface area contributed by atoms with Crippen LogP contribution in [0.2, 0.25) is 0 Å². The minimum atomic E-state index is -0.227. The van der Waals surface area contributed by atoms with Crippen LogP contribution < -0.4 is 9.47 Å². The van der Waals surface area contributed by atoms with Crippen molar-refractivity contribution in [2.24, 2.45) is 0 Å². The number of rotatable bonds is 22. The summed E-state index contributed by atoms with van der Waals surface area (Å²) in [6, 6.07) is 8.03. The molecule has 11 heteroatoms. The monoisotopic (exact) mass is 769 g/mol. The van der Waals surface area contributed by atoms with Crippen molar-refractivity contribution < 1.29 is 23.7 Å². The molecule has 0 radical (unpaired) electrons. The van der Waals surface area contributed by atoms with Crippen LogP contribution in [-0.4, -0.2) is 144 Å². The molecule has 0 aliphatic carbocycles. The summed E-state index contributed by atoms with van der Waals surface area (Å²) in [5, 5.41) is 0. The number of pyridine rings is 2. The van der Waals surface area contributed by atoms with E-state index in [9.17, 15) is 0 Å². The molecule has 2 aliphatic rings. The summed E-state index contributed by atoms with van der Waals surface area (Å²) in [7, 11) is 0. The van der Waals surface area contributed by atoms with Crippen LogP contribution in [0, 0.1) is 0 Å². The lowest BCUT2D eigenvalue weighted by atomic mass is 9.89. The molecule has 0 aromatic carbocycles. The molecule has 2 aromatic heterocycles. The Kier molecular flexibility index (Phi) is 17.6. The quantitative estimate of drug-likeness (QED) is 0.117. The smallest absolute Gasteiger partial charge is 0.213 e. The zero-order valence-corrected chi connectivity index (χ0v) is 36.3. The molecule has 0 spiro atoms. The minimum Gasteiger partial charge on any atom is -0.478 e. The highest BCUT2D eigenvalue weighted by molar-refractivity contribution is 5.18. The van der Waals surface area contributed by atoms with E-state index in [-0.39, 0.29) is 22.3 Å². The summed E-state index contributed by atoms with van der Waals surface area (Å²) in [6.07, 6.45) is 7.80. The van der Waals surface area contributed by atoms with Crippen LogP contribution in [0.15, 0.2) is 36.7 Å². The summed E-state index contributed by atoms with van der Waals surface area (Å²) in [5.41, 5.74) is 1.80. The fourth-order valence-electron chi connectivity index (χ4n) is 6.80. The molecule has 0 bridgehead atoms. The van der Waals surface area contributed by atoms with Crippen molar-refractivity contribution in [3.8, 4) is 11.8 Å². The second-order valence-electron chi connectivity index (χ2n) is 18.6. The van der Waals surface area contributed by atoms with E-state index in [0.717, 1.165) is 115 Å². The summed E-state index contributed by atoms with van der Waals surface area (Å²) < 4.78 is 30.1. The van der Waals surface area contributed by atoms with Crippen molar-refractivity contribution in [1.82, 2.24) is 29.6 Å². The highest BCUT2D eigenvalue weighted by Gasteiger charge is 2.32. The van der Waals surface area contributed by atoms with E-state index in [2.05, 4.69) is 105 Å². The number of aromatic nitrogens is 2. The molecule has 2 aliphatic heterocycles. The summed E-state index contributed by atoms with van der Waals surface area (Å²) in [5.74, 6) is 1.36. The van der Waals surface area contributed by atoms with Gasteiger partial charge in [0.2, 0.25) is 11.8 Å². The third kappa shape index (κ3) is 18.2. The lowest BCUT2D eigenvalue weighted by Gasteiger charge is -2.45. The van der Waals surface area contributed by atoms with Crippen molar-refractivity contribution >= 4 is 0 Å². The first-order valence-corrected chi connectivity index (χ1v) is 20.9. The van der Waals surface area contributed by atoms with Gasteiger partial charge in [0.25, 0.3) is 0 Å². The zero-order valence-electron chi connectivity index (χ0n) is 36.3. The Hall–Kier alpha value is -2.38. The molecule has 2 fully saturated rings. The van der Waals surface area contributed by atoms with E-state index in [4.69, 9.17) is 23.7 Å². The Bertz CT molecular complexity index is 1340. The fraction of sp³-hybridized carbons (Fsp3) is 0.773. The van der Waals surface area contributed by atoms with Gasteiger partial charge < -0.3 is 33.5 Å². The highest BCUT2D eigenvalue weighted by Crippen LogP contribution is 2.28. The highest BCUT2D eigenvalue weighted by atomic mass is 16.5. The average Bonchev–Trinajstić information content (AvgIpc) is 3.14. The van der Waals surface area contributed by atoms with Crippen LogP contribution in [0.5, 0.6) is 11.8 Å². The average molecular weight is 769 g/mol.